The van der Waals surface area contributed by atoms with Crippen LogP contribution in [0.3, 0.4) is 0 Å². The Morgan fingerprint density at radius 1 is 0.966 bits per heavy atom. The Kier molecular flexibility index (Phi) is 5.36. The Hall–Kier alpha value is -3.12. The van der Waals surface area contributed by atoms with Gasteiger partial charge in [-0.3, -0.25) is 9.59 Å². The molecule has 4 nitrogen and oxygen atoms in total. The maximum absolute atomic E-state index is 13.4. The number of thioether (sulfide) groups is 1. The van der Waals surface area contributed by atoms with Crippen LogP contribution >= 0.6 is 11.8 Å². The molecule has 0 aliphatic carbocycles. The highest BCUT2D eigenvalue weighted by Gasteiger charge is 2.40. The lowest BCUT2D eigenvalue weighted by Gasteiger charge is -2.15. The largest absolute Gasteiger partial charge is 0.468 e. The second-order valence-electron chi connectivity index (χ2n) is 6.54. The van der Waals surface area contributed by atoms with Crippen LogP contribution in [0.25, 0.3) is 5.57 Å². The van der Waals surface area contributed by atoms with Gasteiger partial charge in [0.2, 0.25) is 0 Å². The molecule has 4 rings (SSSR count). The molecule has 2 amide bonds. The van der Waals surface area contributed by atoms with Crippen LogP contribution in [0.5, 0.6) is 0 Å². The van der Waals surface area contributed by atoms with Gasteiger partial charge in [-0.2, -0.15) is 0 Å². The van der Waals surface area contributed by atoms with Crippen molar-refractivity contribution in [3.63, 3.8) is 0 Å². The molecule has 1 aliphatic heterocycles. The van der Waals surface area contributed by atoms with E-state index in [1.165, 1.54) is 40.9 Å². The number of carbonyl (C=O) groups is 2. The summed E-state index contributed by atoms with van der Waals surface area (Å²) in [7, 11) is 0. The number of benzene rings is 2. The van der Waals surface area contributed by atoms with Crippen molar-refractivity contribution in [2.45, 2.75) is 19.1 Å². The van der Waals surface area contributed by atoms with Gasteiger partial charge in [-0.1, -0.05) is 31.2 Å². The molecule has 2 heterocycles. The number of imide groups is 1. The maximum atomic E-state index is 13.4. The lowest BCUT2D eigenvalue weighted by molar-refractivity contribution is -0.119. The number of hydrogen-bond donors (Lipinski definition) is 0. The molecule has 0 spiro atoms. The van der Waals surface area contributed by atoms with Crippen molar-refractivity contribution in [3.05, 3.63) is 94.5 Å². The first kappa shape index (κ1) is 19.2. The number of carbonyl (C=O) groups excluding carboxylic acids is 2. The minimum atomic E-state index is -0.409. The molecular formula is C23H18FNO3S. The van der Waals surface area contributed by atoms with Gasteiger partial charge in [-0.05, 0) is 53.9 Å². The van der Waals surface area contributed by atoms with Crippen LogP contribution in [0.1, 0.15) is 23.8 Å². The minimum absolute atomic E-state index is 0.283. The summed E-state index contributed by atoms with van der Waals surface area (Å²) in [4.78, 5) is 28.0. The van der Waals surface area contributed by atoms with Gasteiger partial charge in [0.25, 0.3) is 11.8 Å². The number of rotatable bonds is 6. The van der Waals surface area contributed by atoms with Crippen molar-refractivity contribution in [1.29, 1.82) is 0 Å². The van der Waals surface area contributed by atoms with Crippen LogP contribution in [-0.4, -0.2) is 11.8 Å². The molecule has 0 saturated carbocycles. The average molecular weight is 407 g/mol. The summed E-state index contributed by atoms with van der Waals surface area (Å²) in [6, 6.07) is 16.6. The number of hydrogen-bond acceptors (Lipinski definition) is 4. The van der Waals surface area contributed by atoms with E-state index < -0.39 is 11.7 Å². The number of furan rings is 1. The molecule has 0 unspecified atom stereocenters. The molecule has 1 aromatic heterocycles. The maximum Gasteiger partial charge on any atom is 0.272 e. The van der Waals surface area contributed by atoms with Gasteiger partial charge in [-0.15, -0.1) is 11.8 Å². The third-order valence-corrected chi connectivity index (χ3v) is 5.81. The smallest absolute Gasteiger partial charge is 0.272 e. The van der Waals surface area contributed by atoms with Crippen LogP contribution in [-0.2, 0) is 21.8 Å². The third kappa shape index (κ3) is 3.76. The van der Waals surface area contributed by atoms with Gasteiger partial charge in [0.05, 0.1) is 28.2 Å². The van der Waals surface area contributed by atoms with Gasteiger partial charge in [0.1, 0.15) is 11.6 Å². The molecule has 1 aliphatic rings. The quantitative estimate of drug-likeness (QED) is 0.527. The zero-order valence-electron chi connectivity index (χ0n) is 15.7. The zero-order valence-corrected chi connectivity index (χ0v) is 16.5. The van der Waals surface area contributed by atoms with E-state index in [4.69, 9.17) is 4.42 Å². The monoisotopic (exact) mass is 407 g/mol. The summed E-state index contributed by atoms with van der Waals surface area (Å²) in [6.45, 7) is 2.04. The number of aryl methyl sites for hydroxylation is 1. The average Bonchev–Trinajstić information content (AvgIpc) is 3.34. The SMILES string of the molecule is CCc1ccc(N2C(=O)C(SCc3ccco3)=C(c3ccc(F)cc3)C2=O)cc1. The Labute approximate surface area is 172 Å². The molecule has 0 radical (unpaired) electrons. The van der Waals surface area contributed by atoms with E-state index in [1.807, 2.05) is 25.1 Å². The topological polar surface area (TPSA) is 50.5 Å². The second kappa shape index (κ2) is 8.09. The van der Waals surface area contributed by atoms with Gasteiger partial charge in [0.15, 0.2) is 0 Å². The molecule has 0 bridgehead atoms. The van der Waals surface area contributed by atoms with Crippen LogP contribution in [0, 0.1) is 5.82 Å². The summed E-state index contributed by atoms with van der Waals surface area (Å²) in [5.41, 5.74) is 2.43. The highest BCUT2D eigenvalue weighted by atomic mass is 32.2. The first-order valence-electron chi connectivity index (χ1n) is 9.21. The molecule has 146 valence electrons. The summed E-state index contributed by atoms with van der Waals surface area (Å²) in [6.07, 6.45) is 2.43. The van der Waals surface area contributed by atoms with E-state index in [9.17, 15) is 14.0 Å². The molecule has 2 aromatic carbocycles. The number of anilines is 1. The van der Waals surface area contributed by atoms with E-state index in [0.717, 1.165) is 12.0 Å². The fraction of sp³-hybridized carbons (Fsp3) is 0.130. The van der Waals surface area contributed by atoms with Crippen LogP contribution < -0.4 is 4.90 Å². The minimum Gasteiger partial charge on any atom is -0.468 e. The van der Waals surface area contributed by atoms with Crippen molar-refractivity contribution in [2.24, 2.45) is 0 Å². The summed E-state index contributed by atoms with van der Waals surface area (Å²) >= 11 is 1.25. The number of amides is 2. The molecule has 29 heavy (non-hydrogen) atoms. The van der Waals surface area contributed by atoms with E-state index in [2.05, 4.69) is 0 Å². The molecule has 6 heteroatoms. The highest BCUT2D eigenvalue weighted by Crippen LogP contribution is 2.39. The molecular weight excluding hydrogens is 389 g/mol. The normalized spacial score (nSPS) is 14.2. The molecule has 3 aromatic rings. The number of nitrogens with zero attached hydrogens (tertiary/aromatic N) is 1. The Balaban J connectivity index is 1.72. The van der Waals surface area contributed by atoms with Crippen LogP contribution in [0.4, 0.5) is 10.1 Å². The second-order valence-corrected chi connectivity index (χ2v) is 7.53. The fourth-order valence-corrected chi connectivity index (χ4v) is 4.18. The summed E-state index contributed by atoms with van der Waals surface area (Å²) in [5.74, 6) is -0.0768. The van der Waals surface area contributed by atoms with Crippen molar-refractivity contribution in [3.8, 4) is 0 Å². The highest BCUT2D eigenvalue weighted by molar-refractivity contribution is 8.03. The molecule has 0 fully saturated rings. The fourth-order valence-electron chi connectivity index (χ4n) is 3.17. The van der Waals surface area contributed by atoms with Crippen LogP contribution in [0.2, 0.25) is 0 Å². The zero-order chi connectivity index (χ0) is 20.4. The van der Waals surface area contributed by atoms with Crippen molar-refractivity contribution in [2.75, 3.05) is 4.90 Å². The predicted octanol–water partition coefficient (Wildman–Crippen LogP) is 5.20. The third-order valence-electron chi connectivity index (χ3n) is 4.72. The first-order valence-corrected chi connectivity index (χ1v) is 10.2. The standard InChI is InChI=1S/C23H18FNO3S/c1-2-15-5-11-18(12-6-15)25-22(26)20(16-7-9-17(24)10-8-16)21(23(25)27)29-14-19-4-3-13-28-19/h3-13H,2,14H2,1H3. The van der Waals surface area contributed by atoms with Gasteiger partial charge in [-0.25, -0.2) is 9.29 Å². The van der Waals surface area contributed by atoms with Crippen molar-refractivity contribution in [1.82, 2.24) is 0 Å². The van der Waals surface area contributed by atoms with E-state index in [1.54, 1.807) is 24.5 Å². The Morgan fingerprint density at radius 3 is 2.31 bits per heavy atom. The summed E-state index contributed by atoms with van der Waals surface area (Å²) in [5, 5.41) is 0. The van der Waals surface area contributed by atoms with E-state index >= 15 is 0 Å². The lowest BCUT2D eigenvalue weighted by atomic mass is 10.1. The van der Waals surface area contributed by atoms with Gasteiger partial charge in [0, 0.05) is 0 Å². The van der Waals surface area contributed by atoms with Gasteiger partial charge >= 0.3 is 0 Å². The van der Waals surface area contributed by atoms with E-state index in [-0.39, 0.29) is 11.5 Å². The number of halogens is 1. The molecule has 0 saturated heterocycles. The van der Waals surface area contributed by atoms with Crippen molar-refractivity contribution >= 4 is 34.8 Å². The predicted molar refractivity (Wildman–Crippen MR) is 112 cm³/mol. The van der Waals surface area contributed by atoms with E-state index in [0.29, 0.717) is 27.7 Å². The van der Waals surface area contributed by atoms with Crippen molar-refractivity contribution < 1.29 is 18.4 Å². The Bertz CT molecular complexity index is 1070. The summed E-state index contributed by atoms with van der Waals surface area (Å²) < 4.78 is 18.7. The molecule has 0 N–H and O–H groups in total. The first-order chi connectivity index (χ1) is 14.1. The Morgan fingerprint density at radius 2 is 1.69 bits per heavy atom. The molecule has 0 atom stereocenters. The van der Waals surface area contributed by atoms with Gasteiger partial charge < -0.3 is 4.42 Å². The lowest BCUT2D eigenvalue weighted by Crippen LogP contribution is -2.31. The van der Waals surface area contributed by atoms with Crippen LogP contribution in [0.15, 0.2) is 76.2 Å².